The number of benzene rings is 1. The van der Waals surface area contributed by atoms with Gasteiger partial charge in [-0.25, -0.2) is 0 Å². The summed E-state index contributed by atoms with van der Waals surface area (Å²) < 4.78 is 0. The minimum Gasteiger partial charge on any atom is -0.370 e. The standard InChI is InChI=1S/C11H16ClN3/c1-15(2)11(13)14-8-7-9-3-5-10(12)6-4-9/h3-6H,7-8H2,1-2H3,(H2,13,14). The van der Waals surface area contributed by atoms with Gasteiger partial charge in [0.15, 0.2) is 5.96 Å². The quantitative estimate of drug-likeness (QED) is 0.629. The van der Waals surface area contributed by atoms with Crippen LogP contribution in [0.4, 0.5) is 0 Å². The Morgan fingerprint density at radius 2 is 1.93 bits per heavy atom. The van der Waals surface area contributed by atoms with Crippen LogP contribution in [0.3, 0.4) is 0 Å². The van der Waals surface area contributed by atoms with Crippen LogP contribution < -0.4 is 5.73 Å². The van der Waals surface area contributed by atoms with Crippen LogP contribution in [0.15, 0.2) is 29.3 Å². The summed E-state index contributed by atoms with van der Waals surface area (Å²) in [5, 5.41) is 0.759. The summed E-state index contributed by atoms with van der Waals surface area (Å²) in [6, 6.07) is 7.78. The highest BCUT2D eigenvalue weighted by Crippen LogP contribution is 2.09. The van der Waals surface area contributed by atoms with Crippen molar-refractivity contribution in [1.82, 2.24) is 4.90 Å². The summed E-state index contributed by atoms with van der Waals surface area (Å²) in [6.45, 7) is 0.700. The number of hydrogen-bond donors (Lipinski definition) is 1. The zero-order valence-corrected chi connectivity index (χ0v) is 9.83. The van der Waals surface area contributed by atoms with Crippen molar-refractivity contribution in [2.75, 3.05) is 20.6 Å². The molecule has 0 aromatic heterocycles. The number of nitrogens with two attached hydrogens (primary N) is 1. The molecular formula is C11H16ClN3. The third-order valence-corrected chi connectivity index (χ3v) is 2.30. The second-order valence-electron chi connectivity index (χ2n) is 3.51. The van der Waals surface area contributed by atoms with E-state index < -0.39 is 0 Å². The molecule has 4 heteroatoms. The van der Waals surface area contributed by atoms with Crippen molar-refractivity contribution in [2.24, 2.45) is 10.7 Å². The molecule has 1 rings (SSSR count). The highest BCUT2D eigenvalue weighted by molar-refractivity contribution is 6.30. The average molecular weight is 226 g/mol. The summed E-state index contributed by atoms with van der Waals surface area (Å²) in [5.41, 5.74) is 6.88. The van der Waals surface area contributed by atoms with Gasteiger partial charge in [0.25, 0.3) is 0 Å². The van der Waals surface area contributed by atoms with Crippen molar-refractivity contribution in [3.8, 4) is 0 Å². The lowest BCUT2D eigenvalue weighted by molar-refractivity contribution is 0.609. The SMILES string of the molecule is CN(C)C(N)=NCCc1ccc(Cl)cc1. The Balaban J connectivity index is 2.44. The van der Waals surface area contributed by atoms with Crippen molar-refractivity contribution in [3.63, 3.8) is 0 Å². The second kappa shape index (κ2) is 5.61. The van der Waals surface area contributed by atoms with E-state index in [1.807, 2.05) is 38.4 Å². The first-order chi connectivity index (χ1) is 7.09. The molecule has 0 radical (unpaired) electrons. The molecule has 0 heterocycles. The molecule has 1 aromatic carbocycles. The van der Waals surface area contributed by atoms with E-state index in [1.54, 1.807) is 4.90 Å². The van der Waals surface area contributed by atoms with Crippen LogP contribution in [0.2, 0.25) is 5.02 Å². The normalized spacial score (nSPS) is 11.5. The minimum atomic E-state index is 0.559. The summed E-state index contributed by atoms with van der Waals surface area (Å²) in [4.78, 5) is 6.02. The predicted molar refractivity (Wildman–Crippen MR) is 65.3 cm³/mol. The molecule has 3 nitrogen and oxygen atoms in total. The van der Waals surface area contributed by atoms with Crippen LogP contribution in [0.1, 0.15) is 5.56 Å². The molecule has 82 valence electrons. The molecular weight excluding hydrogens is 210 g/mol. The molecule has 0 aliphatic heterocycles. The topological polar surface area (TPSA) is 41.6 Å². The lowest BCUT2D eigenvalue weighted by atomic mass is 10.1. The molecule has 0 spiro atoms. The Bertz CT molecular complexity index is 330. The molecule has 0 amide bonds. The van der Waals surface area contributed by atoms with Crippen molar-refractivity contribution >= 4 is 17.6 Å². The van der Waals surface area contributed by atoms with Crippen molar-refractivity contribution in [3.05, 3.63) is 34.9 Å². The Hall–Kier alpha value is -1.22. The van der Waals surface area contributed by atoms with E-state index in [0.717, 1.165) is 11.4 Å². The first-order valence-corrected chi connectivity index (χ1v) is 5.19. The minimum absolute atomic E-state index is 0.559. The van der Waals surface area contributed by atoms with Gasteiger partial charge in [-0.05, 0) is 24.1 Å². The van der Waals surface area contributed by atoms with E-state index >= 15 is 0 Å². The van der Waals surface area contributed by atoms with Crippen molar-refractivity contribution in [2.45, 2.75) is 6.42 Å². The van der Waals surface area contributed by atoms with E-state index in [9.17, 15) is 0 Å². The zero-order chi connectivity index (χ0) is 11.3. The Labute approximate surface area is 95.6 Å². The fraction of sp³-hybridized carbons (Fsp3) is 0.364. The van der Waals surface area contributed by atoms with Gasteiger partial charge in [0, 0.05) is 25.7 Å². The third kappa shape index (κ3) is 4.21. The van der Waals surface area contributed by atoms with Gasteiger partial charge < -0.3 is 10.6 Å². The third-order valence-electron chi connectivity index (χ3n) is 2.05. The number of rotatable bonds is 3. The van der Waals surface area contributed by atoms with E-state index in [0.29, 0.717) is 12.5 Å². The fourth-order valence-corrected chi connectivity index (χ4v) is 1.22. The molecule has 0 fully saturated rings. The van der Waals surface area contributed by atoms with Crippen LogP contribution >= 0.6 is 11.6 Å². The van der Waals surface area contributed by atoms with E-state index in [2.05, 4.69) is 4.99 Å². The Morgan fingerprint density at radius 3 is 2.47 bits per heavy atom. The van der Waals surface area contributed by atoms with Gasteiger partial charge in [-0.3, -0.25) is 4.99 Å². The highest BCUT2D eigenvalue weighted by atomic mass is 35.5. The van der Waals surface area contributed by atoms with Gasteiger partial charge in [-0.1, -0.05) is 23.7 Å². The molecule has 0 atom stereocenters. The zero-order valence-electron chi connectivity index (χ0n) is 9.07. The van der Waals surface area contributed by atoms with Gasteiger partial charge in [0.05, 0.1) is 0 Å². The van der Waals surface area contributed by atoms with E-state index in [1.165, 1.54) is 5.56 Å². The molecule has 0 saturated heterocycles. The van der Waals surface area contributed by atoms with Crippen molar-refractivity contribution < 1.29 is 0 Å². The van der Waals surface area contributed by atoms with Crippen LogP contribution in [0, 0.1) is 0 Å². The lowest BCUT2D eigenvalue weighted by Crippen LogP contribution is -2.30. The maximum Gasteiger partial charge on any atom is 0.190 e. The summed E-state index contributed by atoms with van der Waals surface area (Å²) in [5.74, 6) is 0.559. The number of guanidine groups is 1. The van der Waals surface area contributed by atoms with E-state index in [-0.39, 0.29) is 0 Å². The Morgan fingerprint density at radius 1 is 1.33 bits per heavy atom. The lowest BCUT2D eigenvalue weighted by Gasteiger charge is -2.10. The molecule has 2 N–H and O–H groups in total. The molecule has 0 unspecified atom stereocenters. The molecule has 0 saturated carbocycles. The second-order valence-corrected chi connectivity index (χ2v) is 3.95. The summed E-state index contributed by atoms with van der Waals surface area (Å²) in [6.07, 6.45) is 0.881. The van der Waals surface area contributed by atoms with Crippen LogP contribution in [-0.2, 0) is 6.42 Å². The first kappa shape index (κ1) is 11.9. The first-order valence-electron chi connectivity index (χ1n) is 4.81. The van der Waals surface area contributed by atoms with Crippen LogP contribution in [0.5, 0.6) is 0 Å². The highest BCUT2D eigenvalue weighted by Gasteiger charge is 1.95. The molecule has 15 heavy (non-hydrogen) atoms. The predicted octanol–water partition coefficient (Wildman–Crippen LogP) is 1.76. The average Bonchev–Trinajstić information content (AvgIpc) is 2.20. The summed E-state index contributed by atoms with van der Waals surface area (Å²) >= 11 is 5.78. The maximum atomic E-state index is 5.78. The number of hydrogen-bond acceptors (Lipinski definition) is 1. The largest absolute Gasteiger partial charge is 0.370 e. The molecule has 0 bridgehead atoms. The number of halogens is 1. The van der Waals surface area contributed by atoms with Crippen molar-refractivity contribution in [1.29, 1.82) is 0 Å². The number of nitrogens with zero attached hydrogens (tertiary/aromatic N) is 2. The van der Waals surface area contributed by atoms with Crippen LogP contribution in [-0.4, -0.2) is 31.5 Å². The van der Waals surface area contributed by atoms with Gasteiger partial charge in [0.2, 0.25) is 0 Å². The maximum absolute atomic E-state index is 5.78. The van der Waals surface area contributed by atoms with Gasteiger partial charge >= 0.3 is 0 Å². The summed E-state index contributed by atoms with van der Waals surface area (Å²) in [7, 11) is 3.75. The van der Waals surface area contributed by atoms with Gasteiger partial charge in [-0.2, -0.15) is 0 Å². The monoisotopic (exact) mass is 225 g/mol. The van der Waals surface area contributed by atoms with Crippen LogP contribution in [0.25, 0.3) is 0 Å². The Kier molecular flexibility index (Phi) is 4.43. The smallest absolute Gasteiger partial charge is 0.190 e. The van der Waals surface area contributed by atoms with E-state index in [4.69, 9.17) is 17.3 Å². The number of aliphatic imine (C=N–C) groups is 1. The van der Waals surface area contributed by atoms with Gasteiger partial charge in [0.1, 0.15) is 0 Å². The molecule has 1 aromatic rings. The molecule has 0 aliphatic carbocycles. The van der Waals surface area contributed by atoms with Gasteiger partial charge in [-0.15, -0.1) is 0 Å². The molecule has 0 aliphatic rings. The fourth-order valence-electron chi connectivity index (χ4n) is 1.09.